The van der Waals surface area contributed by atoms with Gasteiger partial charge in [0.1, 0.15) is 15.8 Å². The number of hydrogen-bond donors (Lipinski definition) is 0. The highest BCUT2D eigenvalue weighted by atomic mass is 32.2. The number of rotatable bonds is 12. The van der Waals surface area contributed by atoms with E-state index in [-0.39, 0.29) is 11.5 Å². The van der Waals surface area contributed by atoms with Crippen molar-refractivity contribution in [3.05, 3.63) is 44.7 Å². The number of unbranched alkanes of at least 4 members (excludes halogenated alkanes) is 1. The molecule has 8 heteroatoms. The van der Waals surface area contributed by atoms with Crippen LogP contribution in [0, 0.1) is 12.8 Å². The van der Waals surface area contributed by atoms with Gasteiger partial charge in [0.25, 0.3) is 11.5 Å². The third-order valence-corrected chi connectivity index (χ3v) is 7.78. The summed E-state index contributed by atoms with van der Waals surface area (Å²) in [7, 11) is 0. The zero-order valence-corrected chi connectivity index (χ0v) is 23.3. The number of pyridine rings is 1. The van der Waals surface area contributed by atoms with E-state index in [0.717, 1.165) is 57.2 Å². The minimum atomic E-state index is -0.162. The SMILES string of the molecule is CCCCC(CC)CN1C(=O)C(=Cc2c(N(CCC)CCC)nc3ccc(C)cn3c2=O)SC1=S. The molecule has 1 amide bonds. The van der Waals surface area contributed by atoms with Gasteiger partial charge in [-0.15, -0.1) is 0 Å². The molecular formula is C27H38N4O2S2. The first-order valence-corrected chi connectivity index (χ1v) is 14.1. The molecule has 0 saturated carbocycles. The molecular weight excluding hydrogens is 476 g/mol. The average Bonchev–Trinajstić information content (AvgIpc) is 3.10. The zero-order valence-electron chi connectivity index (χ0n) is 21.7. The number of hydrogen-bond acceptors (Lipinski definition) is 6. The third-order valence-electron chi connectivity index (χ3n) is 6.41. The van der Waals surface area contributed by atoms with Crippen LogP contribution in [0.15, 0.2) is 28.0 Å². The first-order valence-electron chi connectivity index (χ1n) is 12.9. The first kappa shape index (κ1) is 27.4. The molecule has 1 aliphatic heterocycles. The van der Waals surface area contributed by atoms with E-state index < -0.39 is 0 Å². The van der Waals surface area contributed by atoms with Crippen molar-refractivity contribution in [2.24, 2.45) is 5.92 Å². The van der Waals surface area contributed by atoms with E-state index in [9.17, 15) is 9.59 Å². The number of anilines is 1. The minimum absolute atomic E-state index is 0.104. The number of carbonyl (C=O) groups excluding carboxylic acids is 1. The van der Waals surface area contributed by atoms with Gasteiger partial charge in [0.05, 0.1) is 10.5 Å². The monoisotopic (exact) mass is 514 g/mol. The highest BCUT2D eigenvalue weighted by molar-refractivity contribution is 8.26. The lowest BCUT2D eigenvalue weighted by Crippen LogP contribution is -2.33. The second-order valence-electron chi connectivity index (χ2n) is 9.28. The summed E-state index contributed by atoms with van der Waals surface area (Å²) in [5, 5.41) is 0. The maximum absolute atomic E-state index is 13.7. The molecule has 0 bridgehead atoms. The van der Waals surface area contributed by atoms with Gasteiger partial charge in [0.15, 0.2) is 0 Å². The van der Waals surface area contributed by atoms with Crippen LogP contribution in [0.2, 0.25) is 0 Å². The normalized spacial score (nSPS) is 16.0. The molecule has 3 rings (SSSR count). The number of nitrogens with zero attached hydrogens (tertiary/aromatic N) is 4. The van der Waals surface area contributed by atoms with Gasteiger partial charge in [-0.2, -0.15) is 0 Å². The second-order valence-corrected chi connectivity index (χ2v) is 11.0. The van der Waals surface area contributed by atoms with Crippen molar-refractivity contribution in [3.8, 4) is 0 Å². The van der Waals surface area contributed by atoms with E-state index in [2.05, 4.69) is 32.6 Å². The van der Waals surface area contributed by atoms with Gasteiger partial charge in [0, 0.05) is 25.8 Å². The molecule has 2 aromatic rings. The Balaban J connectivity index is 2.07. The molecule has 35 heavy (non-hydrogen) atoms. The maximum atomic E-state index is 13.7. The van der Waals surface area contributed by atoms with Crippen LogP contribution >= 0.6 is 24.0 Å². The molecule has 0 aromatic carbocycles. The lowest BCUT2D eigenvalue weighted by atomic mass is 9.99. The fraction of sp³-hybridized carbons (Fsp3) is 0.556. The van der Waals surface area contributed by atoms with Crippen molar-refractivity contribution in [2.75, 3.05) is 24.5 Å². The summed E-state index contributed by atoms with van der Waals surface area (Å²) < 4.78 is 2.15. The molecule has 190 valence electrons. The van der Waals surface area contributed by atoms with Gasteiger partial charge >= 0.3 is 0 Å². The van der Waals surface area contributed by atoms with Crippen LogP contribution in [-0.2, 0) is 4.79 Å². The van der Waals surface area contributed by atoms with Crippen LogP contribution < -0.4 is 10.5 Å². The number of aryl methyl sites for hydroxylation is 1. The maximum Gasteiger partial charge on any atom is 0.267 e. The quantitative estimate of drug-likeness (QED) is 0.254. The van der Waals surface area contributed by atoms with Crippen LogP contribution in [-0.4, -0.2) is 44.1 Å². The average molecular weight is 515 g/mol. The predicted octanol–water partition coefficient (Wildman–Crippen LogP) is 6.05. The Morgan fingerprint density at radius 2 is 1.83 bits per heavy atom. The van der Waals surface area contributed by atoms with Gasteiger partial charge in [-0.3, -0.25) is 18.9 Å². The fourth-order valence-electron chi connectivity index (χ4n) is 4.44. The van der Waals surface area contributed by atoms with Gasteiger partial charge in [-0.25, -0.2) is 4.98 Å². The Bertz CT molecular complexity index is 1150. The van der Waals surface area contributed by atoms with Gasteiger partial charge < -0.3 is 4.90 Å². The van der Waals surface area contributed by atoms with E-state index in [1.807, 2.05) is 19.1 Å². The molecule has 0 spiro atoms. The van der Waals surface area contributed by atoms with Crippen molar-refractivity contribution < 1.29 is 4.79 Å². The number of carbonyl (C=O) groups is 1. The lowest BCUT2D eigenvalue weighted by molar-refractivity contribution is -0.122. The Morgan fingerprint density at radius 3 is 2.46 bits per heavy atom. The summed E-state index contributed by atoms with van der Waals surface area (Å²) in [6, 6.07) is 3.84. The topological polar surface area (TPSA) is 57.9 Å². The number of thiocarbonyl (C=S) groups is 1. The van der Waals surface area contributed by atoms with Gasteiger partial charge in [-0.1, -0.05) is 77.0 Å². The standard InChI is InChI=1S/C27H38N4O2S2/c1-6-10-11-20(9-4)18-31-26(33)22(35-27(31)34)16-21-24(29(14-7-2)15-8-3)28-23-13-12-19(5)17-30(23)25(21)32/h12-13,16-17,20H,6-11,14-15,18H2,1-5H3. The van der Waals surface area contributed by atoms with E-state index in [1.165, 1.54) is 11.8 Å². The Labute approximate surface area is 218 Å². The molecule has 1 atom stereocenters. The molecule has 0 radical (unpaired) electrons. The molecule has 1 aliphatic rings. The molecule has 2 aromatic heterocycles. The van der Waals surface area contributed by atoms with Crippen LogP contribution in [0.1, 0.15) is 77.3 Å². The van der Waals surface area contributed by atoms with Crippen LogP contribution in [0.25, 0.3) is 11.7 Å². The number of amides is 1. The fourth-order valence-corrected chi connectivity index (χ4v) is 5.70. The van der Waals surface area contributed by atoms with E-state index in [1.54, 1.807) is 21.6 Å². The second kappa shape index (κ2) is 12.7. The van der Waals surface area contributed by atoms with Crippen molar-refractivity contribution >= 4 is 51.7 Å². The highest BCUT2D eigenvalue weighted by Gasteiger charge is 2.34. The first-order chi connectivity index (χ1) is 16.8. The van der Waals surface area contributed by atoms with Crippen LogP contribution in [0.5, 0.6) is 0 Å². The van der Waals surface area contributed by atoms with Gasteiger partial charge in [0.2, 0.25) is 0 Å². The zero-order chi connectivity index (χ0) is 25.5. The number of fused-ring (bicyclic) bond motifs is 1. The summed E-state index contributed by atoms with van der Waals surface area (Å²) in [6.45, 7) is 12.8. The summed E-state index contributed by atoms with van der Waals surface area (Å²) in [6.07, 6.45) is 9.80. The number of aromatic nitrogens is 2. The summed E-state index contributed by atoms with van der Waals surface area (Å²) in [4.78, 5) is 36.4. The molecule has 1 fully saturated rings. The largest absolute Gasteiger partial charge is 0.356 e. The van der Waals surface area contributed by atoms with Crippen molar-refractivity contribution in [1.82, 2.24) is 14.3 Å². The lowest BCUT2D eigenvalue weighted by Gasteiger charge is -2.24. The third kappa shape index (κ3) is 6.33. The number of thioether (sulfide) groups is 1. The summed E-state index contributed by atoms with van der Waals surface area (Å²) >= 11 is 6.89. The van der Waals surface area contributed by atoms with Crippen LogP contribution in [0.4, 0.5) is 5.82 Å². The molecule has 3 heterocycles. The molecule has 1 unspecified atom stereocenters. The molecule has 0 N–H and O–H groups in total. The van der Waals surface area contributed by atoms with E-state index in [4.69, 9.17) is 17.2 Å². The van der Waals surface area contributed by atoms with Crippen molar-refractivity contribution in [1.29, 1.82) is 0 Å². The van der Waals surface area contributed by atoms with E-state index in [0.29, 0.717) is 38.7 Å². The summed E-state index contributed by atoms with van der Waals surface area (Å²) in [5.41, 5.74) is 1.88. The minimum Gasteiger partial charge on any atom is -0.356 e. The van der Waals surface area contributed by atoms with Crippen molar-refractivity contribution in [3.63, 3.8) is 0 Å². The Kier molecular flexibility index (Phi) is 9.92. The van der Waals surface area contributed by atoms with Crippen LogP contribution in [0.3, 0.4) is 0 Å². The van der Waals surface area contributed by atoms with E-state index >= 15 is 0 Å². The smallest absolute Gasteiger partial charge is 0.267 e. The molecule has 6 nitrogen and oxygen atoms in total. The van der Waals surface area contributed by atoms with Crippen molar-refractivity contribution in [2.45, 2.75) is 73.1 Å². The highest BCUT2D eigenvalue weighted by Crippen LogP contribution is 2.34. The Morgan fingerprint density at radius 1 is 1.11 bits per heavy atom. The Hall–Kier alpha value is -2.19. The summed E-state index contributed by atoms with van der Waals surface area (Å²) in [5.74, 6) is 0.960. The molecule has 0 aliphatic carbocycles. The van der Waals surface area contributed by atoms with Gasteiger partial charge in [-0.05, 0) is 49.8 Å². The molecule has 1 saturated heterocycles. The predicted molar refractivity (Wildman–Crippen MR) is 152 cm³/mol.